The van der Waals surface area contributed by atoms with Crippen LogP contribution in [0.5, 0.6) is 0 Å². The van der Waals surface area contributed by atoms with Crippen LogP contribution in [0.4, 0.5) is 13.2 Å². The SMILES string of the molecule is OCC1CC(O)CCN1CCCCCOCc1ccc(-c2ccc(C(F)(F)F)cc2)cc1. The number of alkyl halides is 3. The van der Waals surface area contributed by atoms with Crippen molar-refractivity contribution in [3.8, 4) is 11.1 Å². The highest BCUT2D eigenvalue weighted by atomic mass is 19.4. The number of aliphatic hydroxyl groups excluding tert-OH is 2. The maximum absolute atomic E-state index is 12.7. The van der Waals surface area contributed by atoms with Gasteiger partial charge in [-0.25, -0.2) is 0 Å². The van der Waals surface area contributed by atoms with Gasteiger partial charge >= 0.3 is 6.18 Å². The maximum Gasteiger partial charge on any atom is 0.416 e. The van der Waals surface area contributed by atoms with Crippen LogP contribution in [-0.2, 0) is 17.5 Å². The molecule has 1 saturated heterocycles. The number of hydrogen-bond donors (Lipinski definition) is 2. The molecule has 0 amide bonds. The number of hydrogen-bond acceptors (Lipinski definition) is 4. The van der Waals surface area contributed by atoms with Gasteiger partial charge < -0.3 is 14.9 Å². The number of unbranched alkanes of at least 4 members (excludes halogenated alkanes) is 2. The van der Waals surface area contributed by atoms with E-state index in [2.05, 4.69) is 4.90 Å². The fourth-order valence-corrected chi connectivity index (χ4v) is 4.09. The molecule has 1 fully saturated rings. The minimum atomic E-state index is -4.32. The lowest BCUT2D eigenvalue weighted by molar-refractivity contribution is -0.137. The summed E-state index contributed by atoms with van der Waals surface area (Å²) in [7, 11) is 0. The van der Waals surface area contributed by atoms with Crippen molar-refractivity contribution < 1.29 is 28.1 Å². The number of aliphatic hydroxyl groups is 2. The minimum absolute atomic E-state index is 0.0700. The molecule has 1 aliphatic rings. The molecule has 2 aromatic rings. The van der Waals surface area contributed by atoms with Crippen LogP contribution in [0, 0.1) is 0 Å². The molecule has 0 radical (unpaired) electrons. The molecule has 0 aliphatic carbocycles. The number of piperidine rings is 1. The second-order valence-electron chi connectivity index (χ2n) is 8.44. The van der Waals surface area contributed by atoms with Crippen molar-refractivity contribution in [2.24, 2.45) is 0 Å². The van der Waals surface area contributed by atoms with E-state index >= 15 is 0 Å². The summed E-state index contributed by atoms with van der Waals surface area (Å²) >= 11 is 0. The zero-order valence-corrected chi connectivity index (χ0v) is 18.2. The monoisotopic (exact) mass is 451 g/mol. The van der Waals surface area contributed by atoms with E-state index in [-0.39, 0.29) is 18.8 Å². The van der Waals surface area contributed by atoms with E-state index in [0.29, 0.717) is 19.6 Å². The van der Waals surface area contributed by atoms with Gasteiger partial charge in [0.2, 0.25) is 0 Å². The molecule has 2 aromatic carbocycles. The van der Waals surface area contributed by atoms with Gasteiger partial charge in [-0.15, -0.1) is 0 Å². The van der Waals surface area contributed by atoms with Gasteiger partial charge in [0, 0.05) is 19.2 Å². The van der Waals surface area contributed by atoms with Gasteiger partial charge in [0.25, 0.3) is 0 Å². The maximum atomic E-state index is 12.7. The summed E-state index contributed by atoms with van der Waals surface area (Å²) < 4.78 is 43.8. The summed E-state index contributed by atoms with van der Waals surface area (Å²) in [6, 6.07) is 12.9. The summed E-state index contributed by atoms with van der Waals surface area (Å²) in [5.74, 6) is 0. The molecule has 1 aliphatic heterocycles. The van der Waals surface area contributed by atoms with E-state index in [1.54, 1.807) is 0 Å². The molecule has 0 bridgehead atoms. The molecule has 2 N–H and O–H groups in total. The van der Waals surface area contributed by atoms with Gasteiger partial charge in [0.05, 0.1) is 24.9 Å². The fourth-order valence-electron chi connectivity index (χ4n) is 4.09. The zero-order valence-electron chi connectivity index (χ0n) is 18.2. The van der Waals surface area contributed by atoms with E-state index in [0.717, 1.165) is 67.6 Å². The van der Waals surface area contributed by atoms with Crippen LogP contribution in [-0.4, -0.2) is 53.6 Å². The van der Waals surface area contributed by atoms with E-state index in [1.807, 2.05) is 24.3 Å². The Morgan fingerprint density at radius 3 is 2.22 bits per heavy atom. The molecule has 0 spiro atoms. The molecular weight excluding hydrogens is 419 g/mol. The van der Waals surface area contributed by atoms with Crippen LogP contribution in [0.2, 0.25) is 0 Å². The predicted octanol–water partition coefficient (Wildman–Crippen LogP) is 4.88. The van der Waals surface area contributed by atoms with Gasteiger partial charge in [0.15, 0.2) is 0 Å². The van der Waals surface area contributed by atoms with Gasteiger partial charge in [-0.2, -0.15) is 13.2 Å². The summed E-state index contributed by atoms with van der Waals surface area (Å²) in [5, 5.41) is 19.2. The molecule has 32 heavy (non-hydrogen) atoms. The number of halogens is 3. The lowest BCUT2D eigenvalue weighted by Crippen LogP contribution is -2.46. The molecule has 176 valence electrons. The Kier molecular flexibility index (Phi) is 9.11. The van der Waals surface area contributed by atoms with Crippen LogP contribution >= 0.6 is 0 Å². The first-order valence-electron chi connectivity index (χ1n) is 11.2. The molecule has 0 aromatic heterocycles. The summed E-state index contributed by atoms with van der Waals surface area (Å²) in [6.45, 7) is 3.04. The van der Waals surface area contributed by atoms with Crippen molar-refractivity contribution in [1.82, 2.24) is 4.90 Å². The first-order chi connectivity index (χ1) is 15.4. The van der Waals surface area contributed by atoms with Crippen molar-refractivity contribution in [3.63, 3.8) is 0 Å². The smallest absolute Gasteiger partial charge is 0.395 e. The first-order valence-corrected chi connectivity index (χ1v) is 11.2. The van der Waals surface area contributed by atoms with E-state index in [4.69, 9.17) is 4.74 Å². The van der Waals surface area contributed by atoms with Crippen molar-refractivity contribution in [3.05, 3.63) is 59.7 Å². The van der Waals surface area contributed by atoms with Gasteiger partial charge in [-0.3, -0.25) is 4.90 Å². The lowest BCUT2D eigenvalue weighted by Gasteiger charge is -2.36. The Morgan fingerprint density at radius 1 is 0.938 bits per heavy atom. The number of nitrogens with zero attached hydrogens (tertiary/aromatic N) is 1. The third kappa shape index (κ3) is 7.30. The fraction of sp³-hybridized carbons (Fsp3) is 0.520. The predicted molar refractivity (Wildman–Crippen MR) is 118 cm³/mol. The molecular formula is C25H32F3NO3. The highest BCUT2D eigenvalue weighted by Crippen LogP contribution is 2.31. The second kappa shape index (κ2) is 11.8. The van der Waals surface area contributed by atoms with Crippen LogP contribution in [0.1, 0.15) is 43.2 Å². The topological polar surface area (TPSA) is 52.9 Å². The molecule has 7 heteroatoms. The van der Waals surface area contributed by atoms with E-state index in [9.17, 15) is 23.4 Å². The average molecular weight is 452 g/mol. The van der Waals surface area contributed by atoms with Crippen LogP contribution in [0.15, 0.2) is 48.5 Å². The van der Waals surface area contributed by atoms with Gasteiger partial charge in [-0.1, -0.05) is 36.4 Å². The molecule has 3 rings (SSSR count). The van der Waals surface area contributed by atoms with Gasteiger partial charge in [0.1, 0.15) is 0 Å². The average Bonchev–Trinajstić information content (AvgIpc) is 2.79. The van der Waals surface area contributed by atoms with Crippen LogP contribution in [0.25, 0.3) is 11.1 Å². The van der Waals surface area contributed by atoms with E-state index in [1.165, 1.54) is 12.1 Å². The number of likely N-dealkylation sites (tertiary alicyclic amines) is 1. The zero-order chi connectivity index (χ0) is 23.0. The van der Waals surface area contributed by atoms with Crippen molar-refractivity contribution >= 4 is 0 Å². The third-order valence-corrected chi connectivity index (χ3v) is 6.02. The molecule has 0 saturated carbocycles. The van der Waals surface area contributed by atoms with Crippen molar-refractivity contribution in [1.29, 1.82) is 0 Å². The largest absolute Gasteiger partial charge is 0.416 e. The standard InChI is InChI=1S/C25H32F3NO3/c26-25(27,28)22-10-8-21(9-11-22)20-6-4-19(5-7-20)18-32-15-3-1-2-13-29-14-12-24(31)16-23(29)17-30/h4-11,23-24,30-31H,1-3,12-18H2. The molecule has 2 unspecified atom stereocenters. The third-order valence-electron chi connectivity index (χ3n) is 6.02. The van der Waals surface area contributed by atoms with Gasteiger partial charge in [-0.05, 0) is 67.5 Å². The quantitative estimate of drug-likeness (QED) is 0.506. The summed E-state index contributed by atoms with van der Waals surface area (Å²) in [5.41, 5.74) is 2.00. The Hall–Kier alpha value is -1.93. The molecule has 1 heterocycles. The Morgan fingerprint density at radius 2 is 1.59 bits per heavy atom. The Balaban J connectivity index is 1.33. The molecule has 4 nitrogen and oxygen atoms in total. The first kappa shape index (κ1) is 24.7. The highest BCUT2D eigenvalue weighted by Gasteiger charge is 2.30. The number of rotatable bonds is 10. The van der Waals surface area contributed by atoms with Crippen LogP contribution in [0.3, 0.4) is 0 Å². The normalized spacial score (nSPS) is 19.9. The Labute approximate surface area is 187 Å². The minimum Gasteiger partial charge on any atom is -0.395 e. The van der Waals surface area contributed by atoms with Crippen molar-refractivity contribution in [2.45, 2.75) is 57.0 Å². The Bertz CT molecular complexity index is 809. The second-order valence-corrected chi connectivity index (χ2v) is 8.44. The molecule has 2 atom stereocenters. The summed E-state index contributed by atoms with van der Waals surface area (Å²) in [4.78, 5) is 2.27. The summed E-state index contributed by atoms with van der Waals surface area (Å²) in [6.07, 6.45) is -0.139. The number of benzene rings is 2. The highest BCUT2D eigenvalue weighted by molar-refractivity contribution is 5.64. The van der Waals surface area contributed by atoms with Crippen molar-refractivity contribution in [2.75, 3.05) is 26.3 Å². The van der Waals surface area contributed by atoms with Crippen LogP contribution < -0.4 is 0 Å². The van der Waals surface area contributed by atoms with E-state index < -0.39 is 11.7 Å². The number of ether oxygens (including phenoxy) is 1. The lowest BCUT2D eigenvalue weighted by atomic mass is 9.99.